The highest BCUT2D eigenvalue weighted by Crippen LogP contribution is 2.38. The molecule has 0 aromatic heterocycles. The van der Waals surface area contributed by atoms with E-state index in [1.807, 2.05) is 0 Å². The lowest BCUT2D eigenvalue weighted by atomic mass is 9.95. The predicted molar refractivity (Wildman–Crippen MR) is 152 cm³/mol. The van der Waals surface area contributed by atoms with Crippen LogP contribution in [0.15, 0.2) is 91.0 Å². The van der Waals surface area contributed by atoms with Crippen molar-refractivity contribution in [1.82, 2.24) is 0 Å². The summed E-state index contributed by atoms with van der Waals surface area (Å²) in [5.41, 5.74) is 4.71. The summed E-state index contributed by atoms with van der Waals surface area (Å²) >= 11 is -1.01. The topological polar surface area (TPSA) is 0 Å². The van der Waals surface area contributed by atoms with Gasteiger partial charge in [-0.1, -0.05) is 147 Å². The van der Waals surface area contributed by atoms with Crippen LogP contribution in [0.25, 0.3) is 0 Å². The summed E-state index contributed by atoms with van der Waals surface area (Å²) in [6, 6.07) is 34.2. The Morgan fingerprint density at radius 3 is 0.941 bits per heavy atom. The number of hydrogen-bond acceptors (Lipinski definition) is 0. The molecule has 3 atom stereocenters. The predicted octanol–water partition coefficient (Wildman–Crippen LogP) is 10.2. The molecule has 0 N–H and O–H groups in total. The number of benzene rings is 3. The maximum atomic E-state index is 2.38. The SMILES string of the molecule is CCCC([CH2][Al]([CH2]C(CCC)c1ccccc1)[CH2]C(CCC)c1ccccc1)c1ccccc1. The zero-order valence-electron chi connectivity index (χ0n) is 21.8. The third-order valence-corrected chi connectivity index (χ3v) is 11.3. The molecule has 0 nitrogen and oxygen atoms in total. The fourth-order valence-corrected chi connectivity index (χ4v) is 10.5. The van der Waals surface area contributed by atoms with Crippen molar-refractivity contribution in [3.63, 3.8) is 0 Å². The van der Waals surface area contributed by atoms with E-state index in [4.69, 9.17) is 0 Å². The minimum atomic E-state index is -1.01. The van der Waals surface area contributed by atoms with Gasteiger partial charge in [0.05, 0.1) is 0 Å². The second-order valence-electron chi connectivity index (χ2n) is 10.3. The van der Waals surface area contributed by atoms with E-state index in [0.717, 1.165) is 17.8 Å². The monoisotopic (exact) mass is 468 g/mol. The molecule has 3 aromatic carbocycles. The van der Waals surface area contributed by atoms with Crippen LogP contribution in [0.2, 0.25) is 15.8 Å². The van der Waals surface area contributed by atoms with E-state index in [1.54, 1.807) is 16.7 Å². The van der Waals surface area contributed by atoms with Gasteiger partial charge in [-0.25, -0.2) is 0 Å². The smallest absolute Gasteiger partial charge is 0.0870 e. The molecule has 3 unspecified atom stereocenters. The molecule has 180 valence electrons. The van der Waals surface area contributed by atoms with Crippen molar-refractivity contribution in [2.24, 2.45) is 0 Å². The summed E-state index contributed by atoms with van der Waals surface area (Å²) in [5.74, 6) is 2.16. The van der Waals surface area contributed by atoms with Crippen molar-refractivity contribution in [2.75, 3.05) is 0 Å². The Bertz CT molecular complexity index is 767. The second kappa shape index (κ2) is 15.2. The van der Waals surface area contributed by atoms with Crippen molar-refractivity contribution < 1.29 is 0 Å². The van der Waals surface area contributed by atoms with E-state index >= 15 is 0 Å². The average Bonchev–Trinajstić information content (AvgIpc) is 2.89. The second-order valence-corrected chi connectivity index (χ2v) is 13.4. The van der Waals surface area contributed by atoms with Gasteiger partial charge in [-0.3, -0.25) is 0 Å². The average molecular weight is 469 g/mol. The standard InChI is InChI=1S/3C11H15.Al/c3*1-3-7-10(2)11-8-5-4-6-9-11;/h3*4-6,8-10H,2-3,7H2,1H3;. The highest BCUT2D eigenvalue weighted by molar-refractivity contribution is 6.59. The lowest BCUT2D eigenvalue weighted by molar-refractivity contribution is 0.617. The van der Waals surface area contributed by atoms with Crippen LogP contribution in [0.5, 0.6) is 0 Å². The molecule has 0 saturated carbocycles. The Labute approximate surface area is 214 Å². The molecule has 1 heteroatoms. The van der Waals surface area contributed by atoms with Crippen LogP contribution >= 0.6 is 0 Å². The fourth-order valence-electron chi connectivity index (χ4n) is 5.98. The van der Waals surface area contributed by atoms with Crippen LogP contribution in [-0.2, 0) is 0 Å². The largest absolute Gasteiger partial charge is 0.263 e. The van der Waals surface area contributed by atoms with Crippen LogP contribution in [-0.4, -0.2) is 14.1 Å². The zero-order valence-corrected chi connectivity index (χ0v) is 23.0. The Balaban J connectivity index is 1.88. The Morgan fingerprint density at radius 1 is 0.441 bits per heavy atom. The Kier molecular flexibility index (Phi) is 12.0. The van der Waals surface area contributed by atoms with E-state index < -0.39 is 14.1 Å². The highest BCUT2D eigenvalue weighted by atomic mass is 27.2. The summed E-state index contributed by atoms with van der Waals surface area (Å²) < 4.78 is 0. The van der Waals surface area contributed by atoms with Gasteiger partial charge in [0.1, 0.15) is 0 Å². The zero-order chi connectivity index (χ0) is 24.0. The van der Waals surface area contributed by atoms with Crippen LogP contribution in [0.3, 0.4) is 0 Å². The molecule has 3 aromatic rings. The van der Waals surface area contributed by atoms with Crippen LogP contribution in [0.1, 0.15) is 93.7 Å². The van der Waals surface area contributed by atoms with Crippen LogP contribution < -0.4 is 0 Å². The lowest BCUT2D eigenvalue weighted by Crippen LogP contribution is -2.23. The van der Waals surface area contributed by atoms with Crippen molar-refractivity contribution in [2.45, 2.75) is 92.9 Å². The van der Waals surface area contributed by atoms with Gasteiger partial charge in [-0.2, -0.15) is 0 Å². The third kappa shape index (κ3) is 8.45. The van der Waals surface area contributed by atoms with E-state index in [-0.39, 0.29) is 0 Å². The minimum absolute atomic E-state index is 0.721. The fraction of sp³-hybridized carbons (Fsp3) is 0.455. The van der Waals surface area contributed by atoms with Crippen molar-refractivity contribution in [1.29, 1.82) is 0 Å². The maximum absolute atomic E-state index is 2.38. The molecule has 0 bridgehead atoms. The van der Waals surface area contributed by atoms with E-state index in [2.05, 4.69) is 112 Å². The highest BCUT2D eigenvalue weighted by Gasteiger charge is 2.29. The molecule has 0 aliphatic heterocycles. The molecule has 0 saturated heterocycles. The first-order valence-corrected chi connectivity index (χ1v) is 16.3. The van der Waals surface area contributed by atoms with Gasteiger partial charge in [-0.05, 0) is 53.7 Å². The molecule has 0 heterocycles. The first-order valence-electron chi connectivity index (χ1n) is 13.9. The number of hydrogen-bond donors (Lipinski definition) is 0. The summed E-state index contributed by atoms with van der Waals surface area (Å²) in [6.45, 7) is 7.08. The van der Waals surface area contributed by atoms with Gasteiger partial charge in [0.2, 0.25) is 0 Å². The van der Waals surface area contributed by atoms with Gasteiger partial charge in [0.15, 0.2) is 0 Å². The quantitative estimate of drug-likeness (QED) is 0.195. The first-order chi connectivity index (χ1) is 16.7. The summed E-state index contributed by atoms with van der Waals surface area (Å²) in [7, 11) is 0. The minimum Gasteiger partial charge on any atom is -0.0870 e. The van der Waals surface area contributed by atoms with Crippen LogP contribution in [0, 0.1) is 0 Å². The Hall–Kier alpha value is -1.81. The van der Waals surface area contributed by atoms with Crippen molar-refractivity contribution in [3.05, 3.63) is 108 Å². The van der Waals surface area contributed by atoms with Crippen molar-refractivity contribution in [3.8, 4) is 0 Å². The lowest BCUT2D eigenvalue weighted by Gasteiger charge is -2.28. The van der Waals surface area contributed by atoms with Gasteiger partial charge < -0.3 is 0 Å². The Morgan fingerprint density at radius 2 is 0.706 bits per heavy atom. The van der Waals surface area contributed by atoms with Gasteiger partial charge in [-0.15, -0.1) is 0 Å². The van der Waals surface area contributed by atoms with E-state index in [0.29, 0.717) is 0 Å². The first kappa shape index (κ1) is 26.8. The molecule has 0 radical (unpaired) electrons. The summed E-state index contributed by atoms with van der Waals surface area (Å²) in [5, 5.41) is 4.33. The van der Waals surface area contributed by atoms with Gasteiger partial charge >= 0.3 is 0 Å². The number of rotatable bonds is 15. The molecule has 0 fully saturated rings. The molecular weight excluding hydrogens is 423 g/mol. The van der Waals surface area contributed by atoms with Crippen molar-refractivity contribution >= 4 is 14.1 Å². The molecular formula is C33H45Al. The van der Waals surface area contributed by atoms with E-state index in [9.17, 15) is 0 Å². The summed E-state index contributed by atoms with van der Waals surface area (Å²) in [6.07, 6.45) is 7.78. The molecule has 0 spiro atoms. The van der Waals surface area contributed by atoms with Crippen LogP contribution in [0.4, 0.5) is 0 Å². The molecule has 34 heavy (non-hydrogen) atoms. The third-order valence-electron chi connectivity index (χ3n) is 7.58. The van der Waals surface area contributed by atoms with Gasteiger partial charge in [0.25, 0.3) is 14.1 Å². The van der Waals surface area contributed by atoms with Gasteiger partial charge in [0, 0.05) is 0 Å². The molecule has 0 aliphatic carbocycles. The summed E-state index contributed by atoms with van der Waals surface area (Å²) in [4.78, 5) is 0. The normalized spacial score (nSPS) is 13.9. The van der Waals surface area contributed by atoms with E-state index in [1.165, 1.54) is 54.4 Å². The molecule has 3 rings (SSSR count). The molecule has 0 amide bonds. The maximum Gasteiger partial charge on any atom is 0.263 e. The molecule has 0 aliphatic rings.